The molecule has 2 fully saturated rings. The van der Waals surface area contributed by atoms with Gasteiger partial charge in [-0.15, -0.1) is 11.8 Å². The van der Waals surface area contributed by atoms with Gasteiger partial charge in [-0.2, -0.15) is 0 Å². The van der Waals surface area contributed by atoms with Gasteiger partial charge in [-0.25, -0.2) is 0 Å². The minimum atomic E-state index is 0.00166. The van der Waals surface area contributed by atoms with E-state index in [0.717, 1.165) is 68.6 Å². The maximum Gasteiger partial charge on any atom is 0.224 e. The van der Waals surface area contributed by atoms with Gasteiger partial charge < -0.3 is 19.1 Å². The highest BCUT2D eigenvalue weighted by atomic mass is 32.2. The van der Waals surface area contributed by atoms with Crippen LogP contribution in [0.4, 0.5) is 0 Å². The van der Waals surface area contributed by atoms with Crippen LogP contribution in [0.15, 0.2) is 18.2 Å². The normalized spacial score (nSPS) is 21.7. The summed E-state index contributed by atoms with van der Waals surface area (Å²) < 4.78 is 16.3. The molecule has 1 aromatic rings. The number of thioether (sulfide) groups is 1. The second-order valence-corrected chi connectivity index (χ2v) is 7.66. The second kappa shape index (κ2) is 9.48. The third kappa shape index (κ3) is 4.64. The summed E-state index contributed by atoms with van der Waals surface area (Å²) in [4.78, 5) is 17.0. The topological polar surface area (TPSA) is 51.2 Å². The number of methoxy groups -OCH3 is 2. The van der Waals surface area contributed by atoms with Gasteiger partial charge in [-0.3, -0.25) is 9.69 Å². The van der Waals surface area contributed by atoms with E-state index < -0.39 is 0 Å². The molecule has 3 rings (SSSR count). The van der Waals surface area contributed by atoms with Crippen LogP contribution in [0.25, 0.3) is 0 Å². The molecule has 144 valence electrons. The summed E-state index contributed by atoms with van der Waals surface area (Å²) in [5.74, 6) is 2.61. The molecular formula is C19H28N2O4S. The number of morpholine rings is 1. The van der Waals surface area contributed by atoms with Crippen molar-refractivity contribution < 1.29 is 19.0 Å². The number of amides is 1. The first-order valence-electron chi connectivity index (χ1n) is 9.16. The minimum Gasteiger partial charge on any atom is -0.497 e. The molecule has 0 spiro atoms. The van der Waals surface area contributed by atoms with Crippen molar-refractivity contribution in [1.82, 2.24) is 9.80 Å². The number of benzene rings is 1. The van der Waals surface area contributed by atoms with E-state index in [-0.39, 0.29) is 11.3 Å². The van der Waals surface area contributed by atoms with Gasteiger partial charge in [-0.1, -0.05) is 0 Å². The number of hydrogen-bond donors (Lipinski definition) is 0. The Kier molecular flexibility index (Phi) is 7.05. The summed E-state index contributed by atoms with van der Waals surface area (Å²) in [6.45, 7) is 5.36. The zero-order chi connectivity index (χ0) is 18.4. The van der Waals surface area contributed by atoms with Crippen molar-refractivity contribution in [2.75, 3.05) is 59.4 Å². The summed E-state index contributed by atoms with van der Waals surface area (Å²) in [5.41, 5.74) is 1.04. The van der Waals surface area contributed by atoms with Gasteiger partial charge >= 0.3 is 0 Å². The third-order valence-electron chi connectivity index (χ3n) is 4.88. The highest BCUT2D eigenvalue weighted by molar-refractivity contribution is 7.99. The van der Waals surface area contributed by atoms with Crippen LogP contribution in [0.3, 0.4) is 0 Å². The van der Waals surface area contributed by atoms with Crippen molar-refractivity contribution >= 4 is 17.7 Å². The molecule has 0 saturated carbocycles. The highest BCUT2D eigenvalue weighted by Gasteiger charge is 2.31. The van der Waals surface area contributed by atoms with E-state index in [1.807, 2.05) is 34.9 Å². The molecule has 2 aliphatic heterocycles. The fraction of sp³-hybridized carbons (Fsp3) is 0.632. The molecular weight excluding hydrogens is 352 g/mol. The summed E-state index contributed by atoms with van der Waals surface area (Å²) in [6, 6.07) is 5.84. The van der Waals surface area contributed by atoms with E-state index in [4.69, 9.17) is 14.2 Å². The third-order valence-corrected chi connectivity index (χ3v) is 6.14. The van der Waals surface area contributed by atoms with Crippen molar-refractivity contribution in [3.05, 3.63) is 23.8 Å². The van der Waals surface area contributed by atoms with Gasteiger partial charge in [0.05, 0.1) is 27.4 Å². The van der Waals surface area contributed by atoms with Crippen LogP contribution in [0.5, 0.6) is 11.5 Å². The first kappa shape index (κ1) is 19.3. The smallest absolute Gasteiger partial charge is 0.224 e. The molecule has 0 bridgehead atoms. The maximum atomic E-state index is 12.6. The molecule has 6 nitrogen and oxygen atoms in total. The standard InChI is InChI=1S/C19H28N2O4S/c1-23-15-4-5-16(17(14-15)24-2)19-21(18(22)6-13-26-19)8-3-7-20-9-11-25-12-10-20/h4-5,14,19H,3,6-13H2,1-2H3. The number of nitrogens with zero attached hydrogens (tertiary/aromatic N) is 2. The van der Waals surface area contributed by atoms with Gasteiger partial charge in [0.2, 0.25) is 5.91 Å². The lowest BCUT2D eigenvalue weighted by molar-refractivity contribution is -0.132. The van der Waals surface area contributed by atoms with Crippen molar-refractivity contribution in [2.24, 2.45) is 0 Å². The van der Waals surface area contributed by atoms with E-state index in [1.54, 1.807) is 14.2 Å². The summed E-state index contributed by atoms with van der Waals surface area (Å²) in [5, 5.41) is 0.00166. The lowest BCUT2D eigenvalue weighted by atomic mass is 10.1. The van der Waals surface area contributed by atoms with Crippen molar-refractivity contribution in [1.29, 1.82) is 0 Å². The Morgan fingerprint density at radius 1 is 1.19 bits per heavy atom. The molecule has 1 aromatic carbocycles. The van der Waals surface area contributed by atoms with Gasteiger partial charge in [0.1, 0.15) is 16.9 Å². The Balaban J connectivity index is 1.68. The fourth-order valence-corrected chi connectivity index (χ4v) is 4.73. The molecule has 0 radical (unpaired) electrons. The molecule has 2 aliphatic rings. The maximum absolute atomic E-state index is 12.6. The zero-order valence-electron chi connectivity index (χ0n) is 15.6. The van der Waals surface area contributed by atoms with Crippen LogP contribution in [-0.4, -0.2) is 75.1 Å². The SMILES string of the molecule is COc1ccc(C2SCCC(=O)N2CCCN2CCOCC2)c(OC)c1. The van der Waals surface area contributed by atoms with Crippen LogP contribution in [0, 0.1) is 0 Å². The van der Waals surface area contributed by atoms with Gasteiger partial charge in [0, 0.05) is 50.0 Å². The monoisotopic (exact) mass is 380 g/mol. The first-order valence-corrected chi connectivity index (χ1v) is 10.2. The molecule has 1 unspecified atom stereocenters. The fourth-order valence-electron chi connectivity index (χ4n) is 3.43. The Morgan fingerprint density at radius 3 is 2.73 bits per heavy atom. The quantitative estimate of drug-likeness (QED) is 0.724. The molecule has 2 heterocycles. The largest absolute Gasteiger partial charge is 0.497 e. The highest BCUT2D eigenvalue weighted by Crippen LogP contribution is 2.42. The number of hydrogen-bond acceptors (Lipinski definition) is 6. The number of carbonyl (C=O) groups excluding carboxylic acids is 1. The number of rotatable bonds is 7. The average molecular weight is 381 g/mol. The molecule has 0 N–H and O–H groups in total. The molecule has 0 aromatic heterocycles. The molecule has 26 heavy (non-hydrogen) atoms. The molecule has 1 atom stereocenters. The van der Waals surface area contributed by atoms with Crippen LogP contribution < -0.4 is 9.47 Å². The van der Waals surface area contributed by atoms with E-state index in [1.165, 1.54) is 0 Å². The van der Waals surface area contributed by atoms with Gasteiger partial charge in [0.25, 0.3) is 0 Å². The van der Waals surface area contributed by atoms with E-state index >= 15 is 0 Å². The summed E-state index contributed by atoms with van der Waals surface area (Å²) in [7, 11) is 3.31. The van der Waals surface area contributed by atoms with Crippen molar-refractivity contribution in [3.8, 4) is 11.5 Å². The van der Waals surface area contributed by atoms with Crippen LogP contribution >= 0.6 is 11.8 Å². The summed E-state index contributed by atoms with van der Waals surface area (Å²) >= 11 is 1.81. The van der Waals surface area contributed by atoms with Crippen LogP contribution in [0.2, 0.25) is 0 Å². The van der Waals surface area contributed by atoms with Crippen molar-refractivity contribution in [3.63, 3.8) is 0 Å². The second-order valence-electron chi connectivity index (χ2n) is 6.48. The van der Waals surface area contributed by atoms with Gasteiger partial charge in [0.15, 0.2) is 0 Å². The van der Waals surface area contributed by atoms with Gasteiger partial charge in [-0.05, 0) is 18.6 Å². The lowest BCUT2D eigenvalue weighted by Crippen LogP contribution is -2.41. The van der Waals surface area contributed by atoms with Crippen molar-refractivity contribution in [2.45, 2.75) is 18.2 Å². The predicted octanol–water partition coefficient (Wildman–Crippen LogP) is 2.39. The average Bonchev–Trinajstić information content (AvgIpc) is 2.69. The Morgan fingerprint density at radius 2 is 2.00 bits per heavy atom. The molecule has 7 heteroatoms. The molecule has 0 aliphatic carbocycles. The van der Waals surface area contributed by atoms with E-state index in [9.17, 15) is 4.79 Å². The lowest BCUT2D eigenvalue weighted by Gasteiger charge is -2.36. The van der Waals surface area contributed by atoms with Crippen LogP contribution in [-0.2, 0) is 9.53 Å². The Hall–Kier alpha value is -1.44. The number of carbonyl (C=O) groups is 1. The van der Waals surface area contributed by atoms with E-state index in [0.29, 0.717) is 6.42 Å². The van der Waals surface area contributed by atoms with E-state index in [2.05, 4.69) is 4.90 Å². The Bertz CT molecular complexity index is 607. The van der Waals surface area contributed by atoms with Crippen LogP contribution in [0.1, 0.15) is 23.8 Å². The first-order chi connectivity index (χ1) is 12.7. The Labute approximate surface area is 159 Å². The minimum absolute atomic E-state index is 0.00166. The molecule has 1 amide bonds. The predicted molar refractivity (Wildman–Crippen MR) is 103 cm³/mol. The summed E-state index contributed by atoms with van der Waals surface area (Å²) in [6.07, 6.45) is 1.58. The number of ether oxygens (including phenoxy) is 3. The molecule has 2 saturated heterocycles. The zero-order valence-corrected chi connectivity index (χ0v) is 16.4.